The molecule has 0 aliphatic carbocycles. The van der Waals surface area contributed by atoms with Gasteiger partial charge in [-0.3, -0.25) is 14.9 Å². The number of nitrogens with zero attached hydrogens (tertiary/aromatic N) is 2. The van der Waals surface area contributed by atoms with Crippen LogP contribution < -0.4 is 0 Å². The molecule has 11 heteroatoms. The molecule has 1 rings (SSSR count). The minimum atomic E-state index is -5.35. The van der Waals surface area contributed by atoms with Crippen molar-refractivity contribution in [1.29, 1.82) is 0 Å². The Labute approximate surface area is 126 Å². The summed E-state index contributed by atoms with van der Waals surface area (Å²) < 4.78 is 53.1. The van der Waals surface area contributed by atoms with E-state index >= 15 is 0 Å². The van der Waals surface area contributed by atoms with Crippen LogP contribution in [0.5, 0.6) is 0 Å². The second kappa shape index (κ2) is 7.33. The molecule has 0 aliphatic heterocycles. The summed E-state index contributed by atoms with van der Waals surface area (Å²) in [6.45, 7) is -2.25. The number of hydrogen-bond acceptors (Lipinski definition) is 5. The molecule has 0 saturated carbocycles. The van der Waals surface area contributed by atoms with E-state index in [0.29, 0.717) is 17.0 Å². The van der Waals surface area contributed by atoms with Crippen molar-refractivity contribution in [3.05, 3.63) is 39.2 Å². The van der Waals surface area contributed by atoms with E-state index in [0.717, 1.165) is 0 Å². The van der Waals surface area contributed by atoms with Gasteiger partial charge in [0.05, 0.1) is 23.7 Å². The molecule has 0 atom stereocenters. The van der Waals surface area contributed by atoms with Crippen molar-refractivity contribution >= 4 is 11.6 Å². The summed E-state index contributed by atoms with van der Waals surface area (Å²) in [6.07, 6.45) is -5.35. The number of aliphatic hydroxyl groups is 2. The Morgan fingerprint density at radius 3 is 2.13 bits per heavy atom. The van der Waals surface area contributed by atoms with Crippen molar-refractivity contribution in [2.24, 2.45) is 0 Å². The van der Waals surface area contributed by atoms with Gasteiger partial charge in [-0.25, -0.2) is 4.39 Å². The lowest BCUT2D eigenvalue weighted by atomic mass is 10.0. The third kappa shape index (κ3) is 4.13. The molecule has 2 N–H and O–H groups in total. The monoisotopic (exact) mass is 340 g/mol. The van der Waals surface area contributed by atoms with Crippen molar-refractivity contribution in [3.63, 3.8) is 0 Å². The SMILES string of the molecule is O=C(c1c(F)ccc([N+](=O)[O-])c1C(F)(F)F)N(CCO)CCO. The molecule has 1 aromatic rings. The first-order valence-electron chi connectivity index (χ1n) is 6.20. The summed E-state index contributed by atoms with van der Waals surface area (Å²) in [5.74, 6) is -3.10. The molecular formula is C12H12F4N2O5. The Kier molecular flexibility index (Phi) is 5.98. The minimum absolute atomic E-state index is 0.317. The zero-order chi connectivity index (χ0) is 17.8. The molecule has 0 fully saturated rings. The van der Waals surface area contributed by atoms with Gasteiger partial charge >= 0.3 is 6.18 Å². The van der Waals surface area contributed by atoms with E-state index in [1.54, 1.807) is 0 Å². The number of alkyl halides is 3. The third-order valence-electron chi connectivity index (χ3n) is 2.85. The number of halogens is 4. The van der Waals surface area contributed by atoms with Crippen LogP contribution in [0.2, 0.25) is 0 Å². The fourth-order valence-corrected chi connectivity index (χ4v) is 1.93. The summed E-state index contributed by atoms with van der Waals surface area (Å²) in [5.41, 5.74) is -4.99. The largest absolute Gasteiger partial charge is 0.423 e. The molecule has 0 unspecified atom stereocenters. The Hall–Kier alpha value is -2.27. The maximum Gasteiger partial charge on any atom is 0.423 e. The molecule has 128 valence electrons. The highest BCUT2D eigenvalue weighted by Crippen LogP contribution is 2.40. The predicted octanol–water partition coefficient (Wildman–Crippen LogP) is 1.18. The standard InChI is InChI=1S/C12H12F4N2O5/c13-7-1-2-8(18(22)23)10(12(14,15)16)9(7)11(21)17(3-5-19)4-6-20/h1-2,19-20H,3-6H2. The molecule has 1 aromatic carbocycles. The van der Waals surface area contributed by atoms with E-state index in [-0.39, 0.29) is 0 Å². The summed E-state index contributed by atoms with van der Waals surface area (Å²) in [5, 5.41) is 28.4. The zero-order valence-electron chi connectivity index (χ0n) is 11.5. The molecule has 0 heterocycles. The molecule has 23 heavy (non-hydrogen) atoms. The van der Waals surface area contributed by atoms with Gasteiger partial charge in [-0.15, -0.1) is 0 Å². The van der Waals surface area contributed by atoms with E-state index in [2.05, 4.69) is 0 Å². The first-order chi connectivity index (χ1) is 10.6. The molecule has 0 bridgehead atoms. The zero-order valence-corrected chi connectivity index (χ0v) is 11.5. The van der Waals surface area contributed by atoms with Crippen LogP contribution in [-0.2, 0) is 6.18 Å². The summed E-state index contributed by atoms with van der Waals surface area (Å²) >= 11 is 0. The fourth-order valence-electron chi connectivity index (χ4n) is 1.93. The van der Waals surface area contributed by atoms with Crippen LogP contribution in [0.15, 0.2) is 12.1 Å². The van der Waals surface area contributed by atoms with Gasteiger partial charge in [0.2, 0.25) is 0 Å². The van der Waals surface area contributed by atoms with Gasteiger partial charge in [-0.05, 0) is 6.07 Å². The normalized spacial score (nSPS) is 11.4. The van der Waals surface area contributed by atoms with Crippen LogP contribution in [0.4, 0.5) is 23.2 Å². The lowest BCUT2D eigenvalue weighted by Gasteiger charge is -2.22. The highest BCUT2D eigenvalue weighted by atomic mass is 19.4. The molecule has 0 aromatic heterocycles. The van der Waals surface area contributed by atoms with Crippen molar-refractivity contribution in [3.8, 4) is 0 Å². The lowest BCUT2D eigenvalue weighted by molar-refractivity contribution is -0.388. The fraction of sp³-hybridized carbons (Fsp3) is 0.417. The highest BCUT2D eigenvalue weighted by Gasteiger charge is 2.44. The first-order valence-corrected chi connectivity index (χ1v) is 6.20. The van der Waals surface area contributed by atoms with Crippen LogP contribution in [0.3, 0.4) is 0 Å². The van der Waals surface area contributed by atoms with E-state index in [4.69, 9.17) is 10.2 Å². The van der Waals surface area contributed by atoms with Crippen molar-refractivity contribution in [2.75, 3.05) is 26.3 Å². The molecule has 0 saturated heterocycles. The summed E-state index contributed by atoms with van der Waals surface area (Å²) in [7, 11) is 0. The van der Waals surface area contributed by atoms with Gasteiger partial charge in [-0.2, -0.15) is 13.2 Å². The Bertz CT molecular complexity index is 600. The number of rotatable bonds is 6. The van der Waals surface area contributed by atoms with Gasteiger partial charge < -0.3 is 15.1 Å². The molecule has 0 aliphatic rings. The molecule has 1 amide bonds. The highest BCUT2D eigenvalue weighted by molar-refractivity contribution is 5.97. The second-order valence-electron chi connectivity index (χ2n) is 4.31. The molecule has 0 radical (unpaired) electrons. The van der Waals surface area contributed by atoms with Gasteiger partial charge in [-0.1, -0.05) is 0 Å². The van der Waals surface area contributed by atoms with Crippen molar-refractivity contribution in [2.45, 2.75) is 6.18 Å². The number of aliphatic hydroxyl groups excluding tert-OH is 2. The second-order valence-corrected chi connectivity index (χ2v) is 4.31. The summed E-state index contributed by atoms with van der Waals surface area (Å²) in [6, 6.07) is 0.702. The van der Waals surface area contributed by atoms with Crippen LogP contribution in [-0.4, -0.2) is 52.2 Å². The Balaban J connectivity index is 3.58. The van der Waals surface area contributed by atoms with Gasteiger partial charge in [0.15, 0.2) is 0 Å². The topological polar surface area (TPSA) is 104 Å². The van der Waals surface area contributed by atoms with E-state index in [9.17, 15) is 32.5 Å². The van der Waals surface area contributed by atoms with Crippen LogP contribution >= 0.6 is 0 Å². The quantitative estimate of drug-likeness (QED) is 0.460. The average molecular weight is 340 g/mol. The maximum absolute atomic E-state index is 13.8. The number of carbonyl (C=O) groups is 1. The maximum atomic E-state index is 13.8. The predicted molar refractivity (Wildman–Crippen MR) is 68.1 cm³/mol. The number of nitro groups is 1. The van der Waals surface area contributed by atoms with Crippen LogP contribution in [0.25, 0.3) is 0 Å². The Morgan fingerprint density at radius 1 is 1.22 bits per heavy atom. The smallest absolute Gasteiger partial charge is 0.395 e. The number of hydrogen-bond donors (Lipinski definition) is 2. The number of benzene rings is 1. The molecular weight excluding hydrogens is 328 g/mol. The minimum Gasteiger partial charge on any atom is -0.395 e. The number of carbonyl (C=O) groups excluding carboxylic acids is 1. The summed E-state index contributed by atoms with van der Waals surface area (Å²) in [4.78, 5) is 22.1. The van der Waals surface area contributed by atoms with Gasteiger partial charge in [0.1, 0.15) is 11.4 Å². The van der Waals surface area contributed by atoms with Crippen LogP contribution in [0.1, 0.15) is 15.9 Å². The van der Waals surface area contributed by atoms with Gasteiger partial charge in [0.25, 0.3) is 11.6 Å². The van der Waals surface area contributed by atoms with E-state index < -0.39 is 65.9 Å². The number of nitro benzene ring substituents is 1. The lowest BCUT2D eigenvalue weighted by Crippen LogP contribution is -2.37. The average Bonchev–Trinajstić information content (AvgIpc) is 2.44. The number of amides is 1. The van der Waals surface area contributed by atoms with Crippen molar-refractivity contribution < 1.29 is 37.5 Å². The molecule has 7 nitrogen and oxygen atoms in total. The molecule has 0 spiro atoms. The third-order valence-corrected chi connectivity index (χ3v) is 2.85. The Morgan fingerprint density at radius 2 is 1.74 bits per heavy atom. The van der Waals surface area contributed by atoms with Gasteiger partial charge in [0, 0.05) is 19.2 Å². The first kappa shape index (κ1) is 18.8. The van der Waals surface area contributed by atoms with Crippen molar-refractivity contribution in [1.82, 2.24) is 4.90 Å². The van der Waals surface area contributed by atoms with E-state index in [1.165, 1.54) is 0 Å². The van der Waals surface area contributed by atoms with E-state index in [1.807, 2.05) is 0 Å². The van der Waals surface area contributed by atoms with Crippen LogP contribution in [0, 0.1) is 15.9 Å².